The molecule has 6 atom stereocenters. The summed E-state index contributed by atoms with van der Waals surface area (Å²) in [4.78, 5) is 3.80. The minimum atomic E-state index is -0.974. The second kappa shape index (κ2) is 4.75. The van der Waals surface area contributed by atoms with Crippen molar-refractivity contribution < 1.29 is 15.3 Å². The summed E-state index contributed by atoms with van der Waals surface area (Å²) in [5.74, 6) is 0.183. The van der Waals surface area contributed by atoms with Gasteiger partial charge in [-0.2, -0.15) is 0 Å². The van der Waals surface area contributed by atoms with E-state index in [4.69, 9.17) is 5.73 Å². The first-order valence-corrected chi connectivity index (χ1v) is 5.62. The lowest BCUT2D eigenvalue weighted by atomic mass is 9.99. The second-order valence-corrected chi connectivity index (χ2v) is 4.49. The Bertz CT molecular complexity index is 311. The van der Waals surface area contributed by atoms with E-state index in [0.29, 0.717) is 6.54 Å². The third-order valence-electron chi connectivity index (χ3n) is 3.13. The summed E-state index contributed by atoms with van der Waals surface area (Å²) in [7, 11) is 0. The first-order valence-electron chi connectivity index (χ1n) is 5.62. The standard InChI is InChI=1S/C9H19N5O3/c1-3(15)6(16)4-2-11-7-5(12-4)8(17)14-9(10)13-7/h3-8,11-12,15-17H,2H2,1H3,(H3,10,13,14)/t3-,4+,5?,6-,7?,8?/m0/s1. The molecule has 2 aliphatic heterocycles. The van der Waals surface area contributed by atoms with Crippen molar-refractivity contribution in [3.8, 4) is 0 Å². The average Bonchev–Trinajstić information content (AvgIpc) is 2.27. The number of fused-ring (bicyclic) bond motifs is 1. The number of nitrogens with one attached hydrogen (secondary N) is 3. The number of aliphatic hydroxyl groups is 3. The Morgan fingerprint density at radius 3 is 2.82 bits per heavy atom. The molecule has 0 amide bonds. The molecule has 98 valence electrons. The SMILES string of the molecule is C[C@H](O)[C@H](O)[C@H]1CNC2NC(N)=NC(O)C2N1. The van der Waals surface area contributed by atoms with E-state index >= 15 is 0 Å². The van der Waals surface area contributed by atoms with Gasteiger partial charge in [0.2, 0.25) is 0 Å². The van der Waals surface area contributed by atoms with Gasteiger partial charge in [0.05, 0.1) is 24.4 Å². The maximum atomic E-state index is 9.76. The Hall–Kier alpha value is -0.930. The topological polar surface area (TPSA) is 135 Å². The molecule has 8 N–H and O–H groups in total. The molecule has 2 aliphatic rings. The molecule has 0 aromatic rings. The summed E-state index contributed by atoms with van der Waals surface area (Å²) in [5, 5.41) is 37.9. The molecule has 17 heavy (non-hydrogen) atoms. The number of piperazine rings is 1. The van der Waals surface area contributed by atoms with Gasteiger partial charge >= 0.3 is 0 Å². The van der Waals surface area contributed by atoms with Gasteiger partial charge in [0, 0.05) is 12.6 Å². The van der Waals surface area contributed by atoms with Crippen molar-refractivity contribution in [1.82, 2.24) is 16.0 Å². The lowest BCUT2D eigenvalue weighted by Gasteiger charge is -2.43. The van der Waals surface area contributed by atoms with Crippen molar-refractivity contribution in [3.05, 3.63) is 0 Å². The van der Waals surface area contributed by atoms with E-state index in [9.17, 15) is 15.3 Å². The monoisotopic (exact) mass is 245 g/mol. The van der Waals surface area contributed by atoms with Crippen LogP contribution in [0.4, 0.5) is 0 Å². The molecule has 8 heteroatoms. The van der Waals surface area contributed by atoms with E-state index in [0.717, 1.165) is 0 Å². The number of nitrogens with two attached hydrogens (primary N) is 1. The molecule has 3 unspecified atom stereocenters. The van der Waals surface area contributed by atoms with Gasteiger partial charge in [0.1, 0.15) is 0 Å². The molecular weight excluding hydrogens is 226 g/mol. The molecule has 1 saturated heterocycles. The number of aliphatic hydroxyl groups excluding tert-OH is 3. The fourth-order valence-corrected chi connectivity index (χ4v) is 2.16. The van der Waals surface area contributed by atoms with Crippen LogP contribution < -0.4 is 21.7 Å². The van der Waals surface area contributed by atoms with E-state index in [1.807, 2.05) is 0 Å². The number of aliphatic imine (C=N–C) groups is 1. The fourth-order valence-electron chi connectivity index (χ4n) is 2.16. The Morgan fingerprint density at radius 1 is 1.47 bits per heavy atom. The number of nitrogens with zero attached hydrogens (tertiary/aromatic N) is 1. The van der Waals surface area contributed by atoms with Crippen LogP contribution >= 0.6 is 0 Å². The van der Waals surface area contributed by atoms with Crippen molar-refractivity contribution in [2.75, 3.05) is 6.54 Å². The summed E-state index contributed by atoms with van der Waals surface area (Å²) in [5.41, 5.74) is 5.50. The van der Waals surface area contributed by atoms with Crippen LogP contribution in [-0.4, -0.2) is 64.5 Å². The maximum Gasteiger partial charge on any atom is 0.192 e. The van der Waals surface area contributed by atoms with Crippen LogP contribution in [0, 0.1) is 0 Å². The normalized spacial score (nSPS) is 40.8. The van der Waals surface area contributed by atoms with E-state index < -0.39 is 24.5 Å². The zero-order chi connectivity index (χ0) is 12.6. The van der Waals surface area contributed by atoms with Gasteiger partial charge in [-0.15, -0.1) is 0 Å². The van der Waals surface area contributed by atoms with Crippen LogP contribution in [0.1, 0.15) is 6.92 Å². The van der Waals surface area contributed by atoms with Gasteiger partial charge in [0.25, 0.3) is 0 Å². The number of rotatable bonds is 2. The molecular formula is C9H19N5O3. The molecule has 0 aromatic heterocycles. The molecule has 0 spiro atoms. The zero-order valence-electron chi connectivity index (χ0n) is 9.54. The van der Waals surface area contributed by atoms with Gasteiger partial charge in [-0.3, -0.25) is 5.32 Å². The van der Waals surface area contributed by atoms with Gasteiger partial charge in [-0.1, -0.05) is 0 Å². The summed E-state index contributed by atoms with van der Waals surface area (Å²) >= 11 is 0. The number of hydrogen-bond acceptors (Lipinski definition) is 8. The van der Waals surface area contributed by atoms with Crippen molar-refractivity contribution in [1.29, 1.82) is 0 Å². The van der Waals surface area contributed by atoms with Crippen molar-refractivity contribution >= 4 is 5.96 Å². The fraction of sp³-hybridized carbons (Fsp3) is 0.889. The van der Waals surface area contributed by atoms with E-state index in [2.05, 4.69) is 20.9 Å². The lowest BCUT2D eigenvalue weighted by molar-refractivity contribution is -0.0180. The minimum absolute atomic E-state index is 0.183. The molecule has 0 saturated carbocycles. The summed E-state index contributed by atoms with van der Waals surface area (Å²) in [6.45, 7) is 1.98. The first-order chi connectivity index (χ1) is 7.99. The third-order valence-corrected chi connectivity index (χ3v) is 3.13. The molecule has 2 heterocycles. The van der Waals surface area contributed by atoms with Crippen LogP contribution in [0.2, 0.25) is 0 Å². The van der Waals surface area contributed by atoms with Gasteiger partial charge in [0.15, 0.2) is 12.2 Å². The lowest BCUT2D eigenvalue weighted by Crippen LogP contribution is -2.74. The van der Waals surface area contributed by atoms with E-state index in [-0.39, 0.29) is 18.2 Å². The minimum Gasteiger partial charge on any atom is -0.391 e. The predicted molar refractivity (Wildman–Crippen MR) is 61.0 cm³/mol. The number of hydrogen-bond donors (Lipinski definition) is 7. The van der Waals surface area contributed by atoms with Crippen LogP contribution in [0.25, 0.3) is 0 Å². The number of guanidine groups is 1. The Balaban J connectivity index is 2.03. The predicted octanol–water partition coefficient (Wildman–Crippen LogP) is -3.78. The highest BCUT2D eigenvalue weighted by Crippen LogP contribution is 2.12. The molecule has 0 aliphatic carbocycles. The van der Waals surface area contributed by atoms with Crippen LogP contribution in [-0.2, 0) is 0 Å². The first kappa shape index (κ1) is 12.5. The highest BCUT2D eigenvalue weighted by atomic mass is 16.3. The van der Waals surface area contributed by atoms with Crippen molar-refractivity contribution in [2.45, 2.75) is 43.6 Å². The third kappa shape index (κ3) is 2.50. The Labute approximate surface area is 98.9 Å². The van der Waals surface area contributed by atoms with Crippen LogP contribution in [0.15, 0.2) is 4.99 Å². The molecule has 1 fully saturated rings. The van der Waals surface area contributed by atoms with E-state index in [1.165, 1.54) is 6.92 Å². The zero-order valence-corrected chi connectivity index (χ0v) is 9.54. The average molecular weight is 245 g/mol. The van der Waals surface area contributed by atoms with Crippen LogP contribution in [0.5, 0.6) is 0 Å². The highest BCUT2D eigenvalue weighted by molar-refractivity contribution is 5.79. The van der Waals surface area contributed by atoms with Crippen LogP contribution in [0.3, 0.4) is 0 Å². The van der Waals surface area contributed by atoms with Gasteiger partial charge in [-0.25, -0.2) is 4.99 Å². The largest absolute Gasteiger partial charge is 0.391 e. The maximum absolute atomic E-state index is 9.76. The Morgan fingerprint density at radius 2 is 2.18 bits per heavy atom. The molecule has 0 bridgehead atoms. The van der Waals surface area contributed by atoms with Crippen molar-refractivity contribution in [3.63, 3.8) is 0 Å². The molecule has 0 aromatic carbocycles. The quantitative estimate of drug-likeness (QED) is 0.265. The summed E-state index contributed by atoms with van der Waals surface area (Å²) in [6.07, 6.45) is -2.95. The molecule has 8 nitrogen and oxygen atoms in total. The van der Waals surface area contributed by atoms with Gasteiger partial charge in [-0.05, 0) is 6.92 Å². The smallest absolute Gasteiger partial charge is 0.192 e. The molecule has 0 radical (unpaired) electrons. The van der Waals surface area contributed by atoms with E-state index in [1.54, 1.807) is 0 Å². The highest BCUT2D eigenvalue weighted by Gasteiger charge is 2.40. The van der Waals surface area contributed by atoms with Crippen molar-refractivity contribution in [2.24, 2.45) is 10.7 Å². The summed E-state index contributed by atoms with van der Waals surface area (Å²) in [6, 6.07) is -0.739. The van der Waals surface area contributed by atoms with Gasteiger partial charge < -0.3 is 31.7 Å². The summed E-state index contributed by atoms with van der Waals surface area (Å²) < 4.78 is 0. The molecule has 2 rings (SSSR count). The second-order valence-electron chi connectivity index (χ2n) is 4.49. The Kier molecular flexibility index (Phi) is 3.50.